The molecular formula is C12H23NO3. The summed E-state index contributed by atoms with van der Waals surface area (Å²) >= 11 is 0. The van der Waals surface area contributed by atoms with E-state index in [1.54, 1.807) is 7.11 Å². The Morgan fingerprint density at radius 2 is 1.94 bits per heavy atom. The molecule has 1 aliphatic rings. The molecular weight excluding hydrogens is 206 g/mol. The normalized spacial score (nSPS) is 19.0. The van der Waals surface area contributed by atoms with Crippen molar-refractivity contribution in [1.82, 2.24) is 4.90 Å². The molecule has 0 unspecified atom stereocenters. The van der Waals surface area contributed by atoms with Gasteiger partial charge in [0.25, 0.3) is 0 Å². The zero-order valence-corrected chi connectivity index (χ0v) is 10.6. The molecule has 4 heteroatoms. The maximum Gasteiger partial charge on any atom is 0.309 e. The van der Waals surface area contributed by atoms with Gasteiger partial charge in [-0.1, -0.05) is 0 Å². The van der Waals surface area contributed by atoms with Gasteiger partial charge in [-0.25, -0.2) is 0 Å². The van der Waals surface area contributed by atoms with Crippen LogP contribution in [0.2, 0.25) is 0 Å². The molecule has 0 spiro atoms. The van der Waals surface area contributed by atoms with Crippen LogP contribution in [0.1, 0.15) is 26.7 Å². The number of esters is 1. The molecule has 0 radical (unpaired) electrons. The standard InChI is InChI=1S/C12H23NO3/c1-10(2)13-6-4-11(5-7-13)12(14)16-9-8-15-3/h10-11H,4-9H2,1-3H3. The molecule has 1 rings (SSSR count). The van der Waals surface area contributed by atoms with Crippen LogP contribution in [0.15, 0.2) is 0 Å². The monoisotopic (exact) mass is 229 g/mol. The van der Waals surface area contributed by atoms with E-state index in [-0.39, 0.29) is 11.9 Å². The van der Waals surface area contributed by atoms with Gasteiger partial charge in [-0.2, -0.15) is 0 Å². The largest absolute Gasteiger partial charge is 0.463 e. The van der Waals surface area contributed by atoms with E-state index in [1.165, 1.54) is 0 Å². The molecule has 0 aromatic rings. The van der Waals surface area contributed by atoms with E-state index >= 15 is 0 Å². The van der Waals surface area contributed by atoms with Gasteiger partial charge < -0.3 is 14.4 Å². The van der Waals surface area contributed by atoms with Gasteiger partial charge in [0, 0.05) is 13.2 Å². The van der Waals surface area contributed by atoms with Gasteiger partial charge in [-0.3, -0.25) is 4.79 Å². The van der Waals surface area contributed by atoms with E-state index < -0.39 is 0 Å². The van der Waals surface area contributed by atoms with Gasteiger partial charge in [0.15, 0.2) is 0 Å². The van der Waals surface area contributed by atoms with E-state index in [0.29, 0.717) is 19.3 Å². The summed E-state index contributed by atoms with van der Waals surface area (Å²) in [5.41, 5.74) is 0. The number of hydrogen-bond donors (Lipinski definition) is 0. The summed E-state index contributed by atoms with van der Waals surface area (Å²) in [7, 11) is 1.61. The molecule has 0 aliphatic carbocycles. The van der Waals surface area contributed by atoms with Crippen LogP contribution in [0, 0.1) is 5.92 Å². The van der Waals surface area contributed by atoms with Gasteiger partial charge in [-0.15, -0.1) is 0 Å². The van der Waals surface area contributed by atoms with Crippen LogP contribution in [-0.2, 0) is 14.3 Å². The highest BCUT2D eigenvalue weighted by Crippen LogP contribution is 2.19. The molecule has 0 atom stereocenters. The van der Waals surface area contributed by atoms with Crippen LogP contribution in [0.4, 0.5) is 0 Å². The molecule has 94 valence electrons. The van der Waals surface area contributed by atoms with Gasteiger partial charge in [0.05, 0.1) is 12.5 Å². The maximum absolute atomic E-state index is 11.7. The number of rotatable bonds is 5. The lowest BCUT2D eigenvalue weighted by Gasteiger charge is -2.33. The van der Waals surface area contributed by atoms with Gasteiger partial charge in [0.2, 0.25) is 0 Å². The van der Waals surface area contributed by atoms with E-state index in [0.717, 1.165) is 25.9 Å². The van der Waals surface area contributed by atoms with Crippen molar-refractivity contribution in [3.05, 3.63) is 0 Å². The molecule has 4 nitrogen and oxygen atoms in total. The number of piperidine rings is 1. The zero-order chi connectivity index (χ0) is 12.0. The molecule has 16 heavy (non-hydrogen) atoms. The number of ether oxygens (including phenoxy) is 2. The Morgan fingerprint density at radius 3 is 2.44 bits per heavy atom. The second kappa shape index (κ2) is 6.86. The lowest BCUT2D eigenvalue weighted by molar-refractivity contribution is -0.151. The van der Waals surface area contributed by atoms with Crippen molar-refractivity contribution in [2.45, 2.75) is 32.7 Å². The third-order valence-corrected chi connectivity index (χ3v) is 3.12. The second-order valence-electron chi connectivity index (χ2n) is 4.56. The van der Waals surface area contributed by atoms with Gasteiger partial charge in [-0.05, 0) is 39.8 Å². The van der Waals surface area contributed by atoms with Crippen molar-refractivity contribution in [2.24, 2.45) is 5.92 Å². The molecule has 0 aromatic heterocycles. The molecule has 0 N–H and O–H groups in total. The summed E-state index contributed by atoms with van der Waals surface area (Å²) in [5, 5.41) is 0. The zero-order valence-electron chi connectivity index (χ0n) is 10.6. The summed E-state index contributed by atoms with van der Waals surface area (Å²) in [5.74, 6) is 0.0345. The quantitative estimate of drug-likeness (QED) is 0.526. The Balaban J connectivity index is 2.22. The number of nitrogens with zero attached hydrogens (tertiary/aromatic N) is 1. The fourth-order valence-electron chi connectivity index (χ4n) is 2.00. The molecule has 0 saturated carbocycles. The minimum absolute atomic E-state index is 0.0551. The van der Waals surface area contributed by atoms with Crippen molar-refractivity contribution in [3.63, 3.8) is 0 Å². The van der Waals surface area contributed by atoms with Crippen molar-refractivity contribution in [2.75, 3.05) is 33.4 Å². The minimum Gasteiger partial charge on any atom is -0.463 e. The third-order valence-electron chi connectivity index (χ3n) is 3.12. The number of likely N-dealkylation sites (tertiary alicyclic amines) is 1. The average molecular weight is 229 g/mol. The van der Waals surface area contributed by atoms with Crippen LogP contribution in [0.3, 0.4) is 0 Å². The first-order chi connectivity index (χ1) is 7.65. The lowest BCUT2D eigenvalue weighted by atomic mass is 9.96. The van der Waals surface area contributed by atoms with E-state index in [9.17, 15) is 4.79 Å². The van der Waals surface area contributed by atoms with Crippen LogP contribution in [0.25, 0.3) is 0 Å². The summed E-state index contributed by atoms with van der Waals surface area (Å²) < 4.78 is 9.98. The predicted octanol–water partition coefficient (Wildman–Crippen LogP) is 1.30. The SMILES string of the molecule is COCCOC(=O)C1CCN(C(C)C)CC1. The molecule has 0 bridgehead atoms. The molecule has 0 amide bonds. The summed E-state index contributed by atoms with van der Waals surface area (Å²) in [6.45, 7) is 7.24. The maximum atomic E-state index is 11.7. The number of carbonyl (C=O) groups excluding carboxylic acids is 1. The number of carbonyl (C=O) groups is 1. The first-order valence-electron chi connectivity index (χ1n) is 6.04. The van der Waals surface area contributed by atoms with Crippen LogP contribution in [-0.4, -0.2) is 50.3 Å². The lowest BCUT2D eigenvalue weighted by Crippen LogP contribution is -2.40. The van der Waals surface area contributed by atoms with Crippen molar-refractivity contribution < 1.29 is 14.3 Å². The first kappa shape index (κ1) is 13.5. The summed E-state index contributed by atoms with van der Waals surface area (Å²) in [4.78, 5) is 14.1. The van der Waals surface area contributed by atoms with Crippen molar-refractivity contribution >= 4 is 5.97 Å². The number of hydrogen-bond acceptors (Lipinski definition) is 4. The van der Waals surface area contributed by atoms with Crippen LogP contribution in [0.5, 0.6) is 0 Å². The first-order valence-corrected chi connectivity index (χ1v) is 6.04. The summed E-state index contributed by atoms with van der Waals surface area (Å²) in [6, 6.07) is 0.575. The topological polar surface area (TPSA) is 38.8 Å². The Morgan fingerprint density at radius 1 is 1.31 bits per heavy atom. The van der Waals surface area contributed by atoms with Gasteiger partial charge >= 0.3 is 5.97 Å². The highest BCUT2D eigenvalue weighted by atomic mass is 16.6. The molecule has 1 saturated heterocycles. The van der Waals surface area contributed by atoms with Crippen molar-refractivity contribution in [3.8, 4) is 0 Å². The molecule has 1 heterocycles. The fraction of sp³-hybridized carbons (Fsp3) is 0.917. The Bertz CT molecular complexity index is 210. The molecule has 0 aromatic carbocycles. The molecule has 1 aliphatic heterocycles. The Hall–Kier alpha value is -0.610. The number of methoxy groups -OCH3 is 1. The Kier molecular flexibility index (Phi) is 5.77. The predicted molar refractivity (Wildman–Crippen MR) is 62.3 cm³/mol. The van der Waals surface area contributed by atoms with E-state index in [1.807, 2.05) is 0 Å². The van der Waals surface area contributed by atoms with E-state index in [4.69, 9.17) is 9.47 Å². The van der Waals surface area contributed by atoms with Crippen LogP contribution < -0.4 is 0 Å². The van der Waals surface area contributed by atoms with Crippen molar-refractivity contribution in [1.29, 1.82) is 0 Å². The van der Waals surface area contributed by atoms with Crippen LogP contribution >= 0.6 is 0 Å². The second-order valence-corrected chi connectivity index (χ2v) is 4.56. The summed E-state index contributed by atoms with van der Waals surface area (Å²) in [6.07, 6.45) is 1.84. The van der Waals surface area contributed by atoms with E-state index in [2.05, 4.69) is 18.7 Å². The molecule has 1 fully saturated rings. The minimum atomic E-state index is -0.0551. The Labute approximate surface area is 97.9 Å². The highest BCUT2D eigenvalue weighted by molar-refractivity contribution is 5.72. The smallest absolute Gasteiger partial charge is 0.309 e. The fourth-order valence-corrected chi connectivity index (χ4v) is 2.00. The van der Waals surface area contributed by atoms with Gasteiger partial charge in [0.1, 0.15) is 6.61 Å². The average Bonchev–Trinajstić information content (AvgIpc) is 2.29. The third kappa shape index (κ3) is 4.10. The highest BCUT2D eigenvalue weighted by Gasteiger charge is 2.26.